The zero-order valence-electron chi connectivity index (χ0n) is 18.2. The first-order valence-corrected chi connectivity index (χ1v) is 11.0. The summed E-state index contributed by atoms with van der Waals surface area (Å²) < 4.78 is 12.1. The minimum absolute atomic E-state index is 0. The Balaban J connectivity index is 0.00000245. The molecule has 2 N–H and O–H groups in total. The Morgan fingerprint density at radius 2 is 1.84 bits per heavy atom. The molecule has 1 aromatic heterocycles. The van der Waals surface area contributed by atoms with Gasteiger partial charge in [-0.15, -0.1) is 24.0 Å². The molecule has 1 fully saturated rings. The van der Waals surface area contributed by atoms with Crippen molar-refractivity contribution < 1.29 is 9.15 Å². The molecule has 7 heteroatoms. The van der Waals surface area contributed by atoms with E-state index in [0.29, 0.717) is 12.4 Å². The van der Waals surface area contributed by atoms with Gasteiger partial charge in [0, 0.05) is 24.6 Å². The van der Waals surface area contributed by atoms with Gasteiger partial charge < -0.3 is 19.8 Å². The predicted octanol–water partition coefficient (Wildman–Crippen LogP) is 5.46. The van der Waals surface area contributed by atoms with E-state index in [1.165, 1.54) is 18.4 Å². The van der Waals surface area contributed by atoms with Crippen molar-refractivity contribution >= 4 is 29.9 Å². The second-order valence-electron chi connectivity index (χ2n) is 8.37. The molecule has 0 amide bonds. The molecular formula is C25H29IN4O2. The summed E-state index contributed by atoms with van der Waals surface area (Å²) in [6.45, 7) is 0.534. The van der Waals surface area contributed by atoms with Gasteiger partial charge in [0.2, 0.25) is 5.89 Å². The lowest BCUT2D eigenvalue weighted by molar-refractivity contribution is 0.0396. The van der Waals surface area contributed by atoms with Crippen LogP contribution in [0.4, 0.5) is 0 Å². The highest BCUT2D eigenvalue weighted by Crippen LogP contribution is 2.46. The minimum Gasteiger partial charge on any atom is -0.487 e. The van der Waals surface area contributed by atoms with Crippen molar-refractivity contribution in [3.05, 3.63) is 72.1 Å². The quantitative estimate of drug-likeness (QED) is 0.259. The Hall–Kier alpha value is -2.55. The number of aromatic nitrogens is 1. The Morgan fingerprint density at radius 1 is 1.09 bits per heavy atom. The summed E-state index contributed by atoms with van der Waals surface area (Å²) in [6.07, 6.45) is 7.35. The Kier molecular flexibility index (Phi) is 7.03. The molecule has 1 aliphatic carbocycles. The predicted molar refractivity (Wildman–Crippen MR) is 136 cm³/mol. The number of hydrogen-bond donors (Lipinski definition) is 2. The number of para-hydroxylation sites is 1. The fourth-order valence-corrected chi connectivity index (χ4v) is 4.71. The molecule has 5 rings (SSSR count). The molecule has 0 saturated heterocycles. The van der Waals surface area contributed by atoms with Gasteiger partial charge in [-0.1, -0.05) is 36.4 Å². The van der Waals surface area contributed by atoms with Crippen molar-refractivity contribution in [2.24, 2.45) is 4.99 Å². The Bertz CT molecular complexity index is 1060. The number of guanidine groups is 1. The van der Waals surface area contributed by atoms with E-state index in [1.807, 2.05) is 36.4 Å². The van der Waals surface area contributed by atoms with Crippen LogP contribution in [0, 0.1) is 0 Å². The van der Waals surface area contributed by atoms with E-state index in [0.717, 1.165) is 42.2 Å². The summed E-state index contributed by atoms with van der Waals surface area (Å²) in [5.41, 5.74) is 2.94. The first kappa shape index (κ1) is 22.6. The van der Waals surface area contributed by atoms with Crippen LogP contribution >= 0.6 is 24.0 Å². The van der Waals surface area contributed by atoms with Crippen LogP contribution in [0.5, 0.6) is 5.75 Å². The number of nitrogens with one attached hydrogen (secondary N) is 2. The summed E-state index contributed by atoms with van der Waals surface area (Å²) in [6, 6.07) is 18.4. The summed E-state index contributed by atoms with van der Waals surface area (Å²) in [5, 5.41) is 7.01. The van der Waals surface area contributed by atoms with E-state index in [1.54, 1.807) is 13.3 Å². The lowest BCUT2D eigenvalue weighted by Gasteiger charge is -2.40. The van der Waals surface area contributed by atoms with Gasteiger partial charge in [-0.05, 0) is 43.9 Å². The monoisotopic (exact) mass is 544 g/mol. The third-order valence-electron chi connectivity index (χ3n) is 6.26. The normalized spacial score (nSPS) is 19.0. The van der Waals surface area contributed by atoms with Crippen LogP contribution < -0.4 is 15.4 Å². The zero-order chi connectivity index (χ0) is 21.1. The van der Waals surface area contributed by atoms with E-state index in [-0.39, 0.29) is 35.6 Å². The third kappa shape index (κ3) is 4.77. The van der Waals surface area contributed by atoms with Gasteiger partial charge in [0.15, 0.2) is 5.96 Å². The van der Waals surface area contributed by atoms with E-state index in [9.17, 15) is 0 Å². The summed E-state index contributed by atoms with van der Waals surface area (Å²) in [7, 11) is 1.80. The largest absolute Gasteiger partial charge is 0.487 e. The molecule has 168 valence electrons. The Morgan fingerprint density at radius 3 is 2.62 bits per heavy atom. The number of fused-ring (bicyclic) bond motifs is 1. The highest BCUT2D eigenvalue weighted by atomic mass is 127. The van der Waals surface area contributed by atoms with Crippen LogP contribution in [0.3, 0.4) is 0 Å². The van der Waals surface area contributed by atoms with Crippen molar-refractivity contribution in [1.29, 1.82) is 0 Å². The molecule has 3 aromatic rings. The SMILES string of the molecule is CN=C(NCc1coc(-c2ccccc2)n1)NC1CC2(CCCC2)Oc2ccccc21.I. The number of halogens is 1. The lowest BCUT2D eigenvalue weighted by Crippen LogP contribution is -2.46. The van der Waals surface area contributed by atoms with Crippen molar-refractivity contribution in [1.82, 2.24) is 15.6 Å². The maximum atomic E-state index is 6.48. The third-order valence-corrected chi connectivity index (χ3v) is 6.26. The van der Waals surface area contributed by atoms with Crippen LogP contribution in [-0.2, 0) is 6.54 Å². The van der Waals surface area contributed by atoms with Gasteiger partial charge in [0.1, 0.15) is 17.6 Å². The van der Waals surface area contributed by atoms with E-state index >= 15 is 0 Å². The van der Waals surface area contributed by atoms with Gasteiger partial charge in [0.05, 0.1) is 18.3 Å². The van der Waals surface area contributed by atoms with Crippen LogP contribution in [0.1, 0.15) is 49.4 Å². The average molecular weight is 544 g/mol. The maximum absolute atomic E-state index is 6.48. The number of nitrogens with zero attached hydrogens (tertiary/aromatic N) is 2. The number of oxazole rings is 1. The molecule has 0 bridgehead atoms. The Labute approximate surface area is 205 Å². The molecule has 2 heterocycles. The summed E-state index contributed by atoms with van der Waals surface area (Å²) >= 11 is 0. The highest BCUT2D eigenvalue weighted by Gasteiger charge is 2.43. The summed E-state index contributed by atoms with van der Waals surface area (Å²) in [4.78, 5) is 9.04. The van der Waals surface area contributed by atoms with Crippen LogP contribution in [0.25, 0.3) is 11.5 Å². The first-order chi connectivity index (χ1) is 15.2. The topological polar surface area (TPSA) is 71.7 Å². The second kappa shape index (κ2) is 9.94. The standard InChI is InChI=1S/C25H28N4O2.HI/c1-26-24(27-16-19-17-30-23(28-19)18-9-3-2-4-10-18)29-21-15-25(13-7-8-14-25)31-22-12-6-5-11-20(21)22;/h2-6,9-12,17,21H,7-8,13-16H2,1H3,(H2,26,27,29);1H. The number of rotatable bonds is 4. The molecule has 1 saturated carbocycles. The van der Waals surface area contributed by atoms with E-state index in [2.05, 4.69) is 38.8 Å². The van der Waals surface area contributed by atoms with Gasteiger partial charge in [0.25, 0.3) is 0 Å². The van der Waals surface area contributed by atoms with E-state index in [4.69, 9.17) is 9.15 Å². The van der Waals surface area contributed by atoms with E-state index < -0.39 is 0 Å². The zero-order valence-corrected chi connectivity index (χ0v) is 20.5. The van der Waals surface area contributed by atoms with Crippen LogP contribution in [-0.4, -0.2) is 23.6 Å². The smallest absolute Gasteiger partial charge is 0.226 e. The number of benzene rings is 2. The lowest BCUT2D eigenvalue weighted by atomic mass is 9.86. The fraction of sp³-hybridized carbons (Fsp3) is 0.360. The number of hydrogen-bond acceptors (Lipinski definition) is 4. The van der Waals surface area contributed by atoms with Crippen molar-refractivity contribution in [2.75, 3.05) is 7.05 Å². The van der Waals surface area contributed by atoms with Crippen molar-refractivity contribution in [3.63, 3.8) is 0 Å². The number of ether oxygens (including phenoxy) is 1. The van der Waals surface area contributed by atoms with Gasteiger partial charge in [-0.3, -0.25) is 4.99 Å². The average Bonchev–Trinajstić information content (AvgIpc) is 3.47. The number of aliphatic imine (C=N–C) groups is 1. The molecule has 1 spiro atoms. The molecule has 0 radical (unpaired) electrons. The molecule has 1 aliphatic heterocycles. The van der Waals surface area contributed by atoms with Gasteiger partial charge in [-0.25, -0.2) is 4.98 Å². The summed E-state index contributed by atoms with van der Waals surface area (Å²) in [5.74, 6) is 2.37. The highest BCUT2D eigenvalue weighted by molar-refractivity contribution is 14.0. The fourth-order valence-electron chi connectivity index (χ4n) is 4.71. The molecule has 1 unspecified atom stereocenters. The molecular weight excluding hydrogens is 515 g/mol. The first-order valence-electron chi connectivity index (χ1n) is 11.0. The van der Waals surface area contributed by atoms with Gasteiger partial charge in [-0.2, -0.15) is 0 Å². The second-order valence-corrected chi connectivity index (χ2v) is 8.37. The molecule has 6 nitrogen and oxygen atoms in total. The van der Waals surface area contributed by atoms with Gasteiger partial charge >= 0.3 is 0 Å². The maximum Gasteiger partial charge on any atom is 0.226 e. The van der Waals surface area contributed by atoms with Crippen LogP contribution in [0.15, 0.2) is 70.3 Å². The molecule has 32 heavy (non-hydrogen) atoms. The molecule has 2 aliphatic rings. The van der Waals surface area contributed by atoms with Crippen molar-refractivity contribution in [3.8, 4) is 17.2 Å². The molecule has 1 atom stereocenters. The van der Waals surface area contributed by atoms with Crippen molar-refractivity contribution in [2.45, 2.75) is 50.3 Å². The molecule has 2 aromatic carbocycles. The minimum atomic E-state index is -0.0540. The van der Waals surface area contributed by atoms with Crippen LogP contribution in [0.2, 0.25) is 0 Å².